The van der Waals surface area contributed by atoms with Gasteiger partial charge in [0.05, 0.1) is 18.3 Å². The predicted octanol–water partition coefficient (Wildman–Crippen LogP) is 3.28. The predicted molar refractivity (Wildman–Crippen MR) is 113 cm³/mol. The number of nitrogens with one attached hydrogen (secondary N) is 2. The van der Waals surface area contributed by atoms with Crippen molar-refractivity contribution in [2.45, 2.75) is 31.9 Å². The number of hydrogen-bond acceptors (Lipinski definition) is 8. The molecule has 3 N–H and O–H groups in total. The van der Waals surface area contributed by atoms with E-state index < -0.39 is 0 Å². The van der Waals surface area contributed by atoms with Gasteiger partial charge in [-0.25, -0.2) is 9.37 Å². The Balaban J connectivity index is 1.61. The Hall–Kier alpha value is -3.33. The zero-order valence-electron chi connectivity index (χ0n) is 16.7. The summed E-state index contributed by atoms with van der Waals surface area (Å²) in [5, 5.41) is 16.5. The third-order valence-electron chi connectivity index (χ3n) is 4.97. The minimum absolute atomic E-state index is 0.128. The summed E-state index contributed by atoms with van der Waals surface area (Å²) in [4.78, 5) is 19.6. The summed E-state index contributed by atoms with van der Waals surface area (Å²) >= 11 is 0. The molecule has 4 rings (SSSR count). The van der Waals surface area contributed by atoms with Crippen LogP contribution in [0.3, 0.4) is 0 Å². The molecule has 0 spiro atoms. The van der Waals surface area contributed by atoms with Crippen molar-refractivity contribution in [1.29, 1.82) is 0 Å². The van der Waals surface area contributed by atoms with E-state index in [-0.39, 0.29) is 18.0 Å². The first-order valence-electron chi connectivity index (χ1n) is 9.94. The maximum Gasteiger partial charge on any atom is 0.227 e. The van der Waals surface area contributed by atoms with Gasteiger partial charge in [-0.15, -0.1) is 0 Å². The molecule has 156 valence electrons. The molecule has 1 unspecified atom stereocenters. The average Bonchev–Trinajstić information content (AvgIpc) is 2.75. The minimum Gasteiger partial charge on any atom is -0.391 e. The topological polar surface area (TPSA) is 99.1 Å². The molecule has 0 radical (unpaired) electrons. The van der Waals surface area contributed by atoms with E-state index in [2.05, 4.69) is 30.6 Å². The van der Waals surface area contributed by atoms with Crippen molar-refractivity contribution in [2.24, 2.45) is 0 Å². The van der Waals surface area contributed by atoms with Gasteiger partial charge in [-0.2, -0.15) is 9.97 Å². The van der Waals surface area contributed by atoms with E-state index in [1.54, 1.807) is 30.7 Å². The number of aliphatic hydroxyl groups is 1. The lowest BCUT2D eigenvalue weighted by atomic mass is 10.1. The second-order valence-corrected chi connectivity index (χ2v) is 7.31. The lowest BCUT2D eigenvalue weighted by molar-refractivity contribution is 0.154. The fraction of sp³-hybridized carbons (Fsp3) is 0.333. The van der Waals surface area contributed by atoms with Crippen molar-refractivity contribution >= 4 is 23.4 Å². The first kappa shape index (κ1) is 20.0. The molecule has 2 aromatic heterocycles. The molecule has 0 amide bonds. The molecular weight excluding hydrogens is 385 g/mol. The van der Waals surface area contributed by atoms with Crippen LogP contribution >= 0.6 is 0 Å². The van der Waals surface area contributed by atoms with Crippen molar-refractivity contribution in [3.8, 4) is 0 Å². The number of hydrogen-bond donors (Lipinski definition) is 3. The van der Waals surface area contributed by atoms with E-state index in [9.17, 15) is 9.50 Å². The molecule has 1 fully saturated rings. The highest BCUT2D eigenvalue weighted by molar-refractivity contribution is 5.59. The normalized spacial score (nSPS) is 17.4. The summed E-state index contributed by atoms with van der Waals surface area (Å²) in [6, 6.07) is 8.03. The third-order valence-corrected chi connectivity index (χ3v) is 4.97. The molecule has 1 aliphatic rings. The van der Waals surface area contributed by atoms with Gasteiger partial charge < -0.3 is 20.6 Å². The summed E-state index contributed by atoms with van der Waals surface area (Å²) in [6.45, 7) is 3.30. The van der Waals surface area contributed by atoms with Gasteiger partial charge in [0.1, 0.15) is 23.3 Å². The summed E-state index contributed by atoms with van der Waals surface area (Å²) < 4.78 is 13.2. The Morgan fingerprint density at radius 3 is 2.73 bits per heavy atom. The molecule has 0 bridgehead atoms. The number of halogens is 1. The van der Waals surface area contributed by atoms with Crippen LogP contribution in [-0.2, 0) is 0 Å². The van der Waals surface area contributed by atoms with E-state index in [0.29, 0.717) is 29.9 Å². The molecule has 30 heavy (non-hydrogen) atoms. The van der Waals surface area contributed by atoms with E-state index in [1.807, 2.05) is 17.9 Å². The Morgan fingerprint density at radius 1 is 1.17 bits per heavy atom. The molecular formula is C21H24FN7O. The number of anilines is 4. The van der Waals surface area contributed by atoms with Gasteiger partial charge in [0.15, 0.2) is 0 Å². The Morgan fingerprint density at radius 2 is 2.00 bits per heavy atom. The standard InChI is InChI=1S/C21H24FN7O/c1-14(15-4-6-16(22)7-5-15)25-21-27-18(26-19-12-23-8-9-24-19)11-20(28-21)29-10-2-3-17(30)13-29/h4-9,11-12,14,17,30H,2-3,10,13H2,1H3,(H2,24,25,26,27,28)/t14-,17?/m0/s1. The quantitative estimate of drug-likeness (QED) is 0.570. The maximum absolute atomic E-state index is 13.2. The molecule has 3 heterocycles. The minimum atomic E-state index is -0.375. The third kappa shape index (κ3) is 4.98. The Kier molecular flexibility index (Phi) is 5.99. The highest BCUT2D eigenvalue weighted by Gasteiger charge is 2.21. The highest BCUT2D eigenvalue weighted by atomic mass is 19.1. The number of aliphatic hydroxyl groups excluding tert-OH is 1. The smallest absolute Gasteiger partial charge is 0.227 e. The number of nitrogens with zero attached hydrogens (tertiary/aromatic N) is 5. The molecule has 0 aliphatic carbocycles. The zero-order chi connectivity index (χ0) is 20.9. The molecule has 8 nitrogen and oxygen atoms in total. The van der Waals surface area contributed by atoms with Gasteiger partial charge in [-0.3, -0.25) is 4.98 Å². The lowest BCUT2D eigenvalue weighted by Crippen LogP contribution is -2.38. The summed E-state index contributed by atoms with van der Waals surface area (Å²) in [6.07, 6.45) is 6.12. The first-order valence-corrected chi connectivity index (χ1v) is 9.94. The van der Waals surface area contributed by atoms with Crippen LogP contribution in [-0.4, -0.2) is 44.2 Å². The van der Waals surface area contributed by atoms with Crippen LogP contribution in [0.4, 0.5) is 27.8 Å². The van der Waals surface area contributed by atoms with Crippen LogP contribution in [0.5, 0.6) is 0 Å². The number of benzene rings is 1. The van der Waals surface area contributed by atoms with E-state index in [4.69, 9.17) is 0 Å². The van der Waals surface area contributed by atoms with Crippen molar-refractivity contribution in [1.82, 2.24) is 19.9 Å². The van der Waals surface area contributed by atoms with Crippen molar-refractivity contribution in [3.05, 3.63) is 60.3 Å². The Bertz CT molecular complexity index is 971. The van der Waals surface area contributed by atoms with Crippen LogP contribution in [0.15, 0.2) is 48.9 Å². The van der Waals surface area contributed by atoms with Crippen LogP contribution in [0, 0.1) is 5.82 Å². The first-order chi connectivity index (χ1) is 14.6. The summed E-state index contributed by atoms with van der Waals surface area (Å²) in [5.41, 5.74) is 0.919. The number of piperidine rings is 1. The van der Waals surface area contributed by atoms with Crippen LogP contribution < -0.4 is 15.5 Å². The van der Waals surface area contributed by atoms with Crippen LogP contribution in [0.25, 0.3) is 0 Å². The van der Waals surface area contributed by atoms with Crippen molar-refractivity contribution in [2.75, 3.05) is 28.6 Å². The summed E-state index contributed by atoms with van der Waals surface area (Å²) in [5.74, 6) is 2.00. The molecule has 3 aromatic rings. The molecule has 9 heteroatoms. The van der Waals surface area contributed by atoms with E-state index in [1.165, 1.54) is 12.1 Å². The fourth-order valence-electron chi connectivity index (χ4n) is 3.41. The lowest BCUT2D eigenvalue weighted by Gasteiger charge is -2.31. The monoisotopic (exact) mass is 409 g/mol. The second kappa shape index (κ2) is 9.00. The molecule has 2 atom stereocenters. The van der Waals surface area contributed by atoms with Crippen molar-refractivity contribution in [3.63, 3.8) is 0 Å². The van der Waals surface area contributed by atoms with Gasteiger partial charge >= 0.3 is 0 Å². The number of β-amino-alcohol motifs (C(OH)–C–C–N with tert-alkyl or cyclic N) is 1. The van der Waals surface area contributed by atoms with Gasteiger partial charge in [0.25, 0.3) is 0 Å². The largest absolute Gasteiger partial charge is 0.391 e. The second-order valence-electron chi connectivity index (χ2n) is 7.31. The van der Waals surface area contributed by atoms with Crippen LogP contribution in [0.2, 0.25) is 0 Å². The Labute approximate surface area is 174 Å². The van der Waals surface area contributed by atoms with Gasteiger partial charge in [-0.05, 0) is 37.5 Å². The fourth-order valence-corrected chi connectivity index (χ4v) is 3.41. The van der Waals surface area contributed by atoms with Crippen molar-refractivity contribution < 1.29 is 9.50 Å². The average molecular weight is 409 g/mol. The van der Waals surface area contributed by atoms with Crippen LogP contribution in [0.1, 0.15) is 31.4 Å². The van der Waals surface area contributed by atoms with Gasteiger partial charge in [-0.1, -0.05) is 12.1 Å². The van der Waals surface area contributed by atoms with Gasteiger partial charge in [0, 0.05) is 31.5 Å². The number of rotatable bonds is 6. The summed E-state index contributed by atoms with van der Waals surface area (Å²) in [7, 11) is 0. The molecule has 0 saturated carbocycles. The van der Waals surface area contributed by atoms with Gasteiger partial charge in [0.2, 0.25) is 5.95 Å². The molecule has 1 aromatic carbocycles. The SMILES string of the molecule is C[C@H](Nc1nc(Nc2cnccn2)cc(N2CCCC(O)C2)n1)c1ccc(F)cc1. The highest BCUT2D eigenvalue weighted by Crippen LogP contribution is 2.25. The van der Waals surface area contributed by atoms with E-state index >= 15 is 0 Å². The zero-order valence-corrected chi connectivity index (χ0v) is 16.7. The maximum atomic E-state index is 13.2. The van der Waals surface area contributed by atoms with E-state index in [0.717, 1.165) is 24.9 Å². The number of aromatic nitrogens is 4. The molecule has 1 saturated heterocycles. The molecule has 1 aliphatic heterocycles.